The van der Waals surface area contributed by atoms with Gasteiger partial charge >= 0.3 is 6.09 Å². The Balaban J connectivity index is 1.99. The molecule has 1 N–H and O–H groups in total. The van der Waals surface area contributed by atoms with Gasteiger partial charge in [-0.2, -0.15) is 0 Å². The monoisotopic (exact) mass is 328 g/mol. The van der Waals surface area contributed by atoms with Gasteiger partial charge in [0, 0.05) is 11.3 Å². The maximum absolute atomic E-state index is 12.0. The van der Waals surface area contributed by atoms with Crippen molar-refractivity contribution in [2.75, 3.05) is 33.1 Å². The molecule has 0 atom stereocenters. The number of carbonyl (C=O) groups is 2. The number of hydrogen-bond acceptors (Lipinski definition) is 5. The molecule has 0 saturated heterocycles. The molecule has 0 saturated carbocycles. The average molecular weight is 328 g/mol. The van der Waals surface area contributed by atoms with E-state index < -0.39 is 6.09 Å². The fourth-order valence-corrected chi connectivity index (χ4v) is 2.04. The number of ether oxygens (including phenoxy) is 2. The van der Waals surface area contributed by atoms with Gasteiger partial charge in [-0.25, -0.2) is 4.79 Å². The molecule has 126 valence electrons. The molecule has 6 nitrogen and oxygen atoms in total. The fourth-order valence-electron chi connectivity index (χ4n) is 2.04. The Hall–Kier alpha value is -2.86. The molecule has 0 unspecified atom stereocenters. The molecule has 0 bridgehead atoms. The summed E-state index contributed by atoms with van der Waals surface area (Å²) in [5.41, 5.74) is 1.03. The van der Waals surface area contributed by atoms with Gasteiger partial charge in [0.15, 0.2) is 5.78 Å². The summed E-state index contributed by atoms with van der Waals surface area (Å²) in [7, 11) is 5.21. The van der Waals surface area contributed by atoms with E-state index >= 15 is 0 Å². The van der Waals surface area contributed by atoms with Crippen LogP contribution in [0.3, 0.4) is 0 Å². The third kappa shape index (κ3) is 5.10. The number of Topliss-reactive ketones (excluding diaryl/α,β-unsaturated/α-hetero) is 1. The van der Waals surface area contributed by atoms with Crippen LogP contribution in [0.4, 0.5) is 10.5 Å². The van der Waals surface area contributed by atoms with Gasteiger partial charge in [0.1, 0.15) is 11.5 Å². The molecule has 0 aliphatic rings. The number of carbonyl (C=O) groups excluding carboxylic acids is 2. The van der Waals surface area contributed by atoms with E-state index in [9.17, 15) is 9.59 Å². The lowest BCUT2D eigenvalue weighted by Crippen LogP contribution is -2.22. The molecule has 6 heteroatoms. The first-order valence-corrected chi connectivity index (χ1v) is 7.39. The predicted molar refractivity (Wildman–Crippen MR) is 92.0 cm³/mol. The number of methoxy groups -OCH3 is 1. The molecule has 1 amide bonds. The van der Waals surface area contributed by atoms with Gasteiger partial charge < -0.3 is 14.4 Å². The minimum absolute atomic E-state index is 0.0211. The van der Waals surface area contributed by atoms with Crippen molar-refractivity contribution in [3.63, 3.8) is 0 Å². The van der Waals surface area contributed by atoms with Crippen LogP contribution in [0.25, 0.3) is 0 Å². The molecule has 2 rings (SSSR count). The molecule has 0 aliphatic heterocycles. The first-order valence-electron chi connectivity index (χ1n) is 7.39. The third-order valence-electron chi connectivity index (χ3n) is 3.16. The zero-order valence-electron chi connectivity index (χ0n) is 13.9. The molecule has 2 aromatic rings. The highest BCUT2D eigenvalue weighted by Gasteiger charge is 2.10. The van der Waals surface area contributed by atoms with Crippen LogP contribution in [0.15, 0.2) is 48.5 Å². The van der Waals surface area contributed by atoms with Crippen molar-refractivity contribution >= 4 is 17.6 Å². The SMILES string of the molecule is COc1ccc(OC(=O)Nc2cccc(C(=O)CN(C)C)c2)cc1. The second-order valence-electron chi connectivity index (χ2n) is 5.43. The predicted octanol–water partition coefficient (Wildman–Crippen LogP) is 3.05. The number of nitrogens with zero attached hydrogens (tertiary/aromatic N) is 1. The lowest BCUT2D eigenvalue weighted by molar-refractivity contribution is 0.0958. The van der Waals surface area contributed by atoms with Crippen LogP contribution in [0.5, 0.6) is 11.5 Å². The molecule has 0 heterocycles. The van der Waals surface area contributed by atoms with Gasteiger partial charge in [-0.05, 0) is 50.5 Å². The topological polar surface area (TPSA) is 67.9 Å². The van der Waals surface area contributed by atoms with Crippen molar-refractivity contribution in [1.82, 2.24) is 4.90 Å². The summed E-state index contributed by atoms with van der Waals surface area (Å²) in [6.45, 7) is 0.305. The molecule has 0 fully saturated rings. The van der Waals surface area contributed by atoms with Crippen LogP contribution in [0.1, 0.15) is 10.4 Å². The highest BCUT2D eigenvalue weighted by Crippen LogP contribution is 2.18. The normalized spacial score (nSPS) is 10.3. The molecular formula is C18H20N2O4. The fraction of sp³-hybridized carbons (Fsp3) is 0.222. The van der Waals surface area contributed by atoms with Crippen molar-refractivity contribution in [2.24, 2.45) is 0 Å². The highest BCUT2D eigenvalue weighted by atomic mass is 16.6. The molecule has 0 aromatic heterocycles. The minimum atomic E-state index is -0.627. The Morgan fingerprint density at radius 1 is 1.04 bits per heavy atom. The van der Waals surface area contributed by atoms with Crippen molar-refractivity contribution in [3.8, 4) is 11.5 Å². The Morgan fingerprint density at radius 2 is 1.71 bits per heavy atom. The average Bonchev–Trinajstić information content (AvgIpc) is 2.55. The number of nitrogens with one attached hydrogen (secondary N) is 1. The zero-order chi connectivity index (χ0) is 17.5. The van der Waals surface area contributed by atoms with Gasteiger partial charge in [-0.3, -0.25) is 10.1 Å². The zero-order valence-corrected chi connectivity index (χ0v) is 13.9. The molecule has 0 spiro atoms. The molecule has 24 heavy (non-hydrogen) atoms. The van der Waals surface area contributed by atoms with Gasteiger partial charge in [-0.15, -0.1) is 0 Å². The summed E-state index contributed by atoms with van der Waals surface area (Å²) in [6, 6.07) is 13.4. The van der Waals surface area contributed by atoms with E-state index in [1.807, 2.05) is 14.1 Å². The number of ketones is 1. The summed E-state index contributed by atoms with van der Waals surface area (Å²) in [6.07, 6.45) is -0.627. The minimum Gasteiger partial charge on any atom is -0.497 e. The van der Waals surface area contributed by atoms with Crippen LogP contribution >= 0.6 is 0 Å². The summed E-state index contributed by atoms with van der Waals surface area (Å²) < 4.78 is 10.2. The Bertz CT molecular complexity index is 711. The van der Waals surface area contributed by atoms with E-state index in [2.05, 4.69) is 5.32 Å². The summed E-state index contributed by atoms with van der Waals surface area (Å²) >= 11 is 0. The largest absolute Gasteiger partial charge is 0.497 e. The van der Waals surface area contributed by atoms with Crippen molar-refractivity contribution in [2.45, 2.75) is 0 Å². The van der Waals surface area contributed by atoms with E-state index in [-0.39, 0.29) is 5.78 Å². The Morgan fingerprint density at radius 3 is 2.33 bits per heavy atom. The van der Waals surface area contributed by atoms with Gasteiger partial charge in [0.25, 0.3) is 0 Å². The first-order chi connectivity index (χ1) is 11.5. The number of rotatable bonds is 6. The lowest BCUT2D eigenvalue weighted by atomic mass is 10.1. The van der Waals surface area contributed by atoms with Gasteiger partial charge in [-0.1, -0.05) is 12.1 Å². The molecular weight excluding hydrogens is 308 g/mol. The van der Waals surface area contributed by atoms with Gasteiger partial charge in [0.2, 0.25) is 0 Å². The van der Waals surface area contributed by atoms with E-state index in [1.54, 1.807) is 60.5 Å². The van der Waals surface area contributed by atoms with Gasteiger partial charge in [0.05, 0.1) is 13.7 Å². The van der Waals surface area contributed by atoms with Crippen LogP contribution in [-0.2, 0) is 0 Å². The summed E-state index contributed by atoms with van der Waals surface area (Å²) in [4.78, 5) is 25.8. The smallest absolute Gasteiger partial charge is 0.417 e. The highest BCUT2D eigenvalue weighted by molar-refractivity contribution is 5.99. The summed E-state index contributed by atoms with van der Waals surface area (Å²) in [5, 5.41) is 2.61. The maximum atomic E-state index is 12.0. The quantitative estimate of drug-likeness (QED) is 0.826. The van der Waals surface area contributed by atoms with E-state index in [1.165, 1.54) is 0 Å². The van der Waals surface area contributed by atoms with Crippen LogP contribution in [0.2, 0.25) is 0 Å². The standard InChI is InChI=1S/C18H20N2O4/c1-20(2)12-17(21)13-5-4-6-14(11-13)19-18(22)24-16-9-7-15(23-3)8-10-16/h4-11H,12H2,1-3H3,(H,19,22). The number of hydrogen-bond donors (Lipinski definition) is 1. The number of likely N-dealkylation sites (N-methyl/N-ethyl adjacent to an activating group) is 1. The van der Waals surface area contributed by atoms with E-state index in [0.717, 1.165) is 0 Å². The van der Waals surface area contributed by atoms with E-state index in [0.29, 0.717) is 29.3 Å². The number of anilines is 1. The molecule has 0 radical (unpaired) electrons. The van der Waals surface area contributed by atoms with Crippen LogP contribution in [0, 0.1) is 0 Å². The van der Waals surface area contributed by atoms with Crippen LogP contribution < -0.4 is 14.8 Å². The second-order valence-corrected chi connectivity index (χ2v) is 5.43. The summed E-state index contributed by atoms with van der Waals surface area (Å²) in [5.74, 6) is 1.05. The lowest BCUT2D eigenvalue weighted by Gasteiger charge is -2.10. The molecule has 0 aliphatic carbocycles. The Labute approximate surface area is 141 Å². The second kappa shape index (κ2) is 8.12. The first kappa shape index (κ1) is 17.5. The number of benzene rings is 2. The maximum Gasteiger partial charge on any atom is 0.417 e. The van der Waals surface area contributed by atoms with Crippen molar-refractivity contribution < 1.29 is 19.1 Å². The van der Waals surface area contributed by atoms with E-state index in [4.69, 9.17) is 9.47 Å². The van der Waals surface area contributed by atoms with Crippen molar-refractivity contribution in [3.05, 3.63) is 54.1 Å². The van der Waals surface area contributed by atoms with Crippen LogP contribution in [-0.4, -0.2) is 44.5 Å². The third-order valence-corrected chi connectivity index (χ3v) is 3.16. The van der Waals surface area contributed by atoms with Crippen molar-refractivity contribution in [1.29, 1.82) is 0 Å². The molecule has 2 aromatic carbocycles. The number of amides is 1. The Kier molecular flexibility index (Phi) is 5.92.